The number of nitro groups is 1. The van der Waals surface area contributed by atoms with Crippen molar-refractivity contribution in [1.82, 2.24) is 9.97 Å². The summed E-state index contributed by atoms with van der Waals surface area (Å²) in [7, 11) is 0. The Bertz CT molecular complexity index is 524. The fourth-order valence-electron chi connectivity index (χ4n) is 2.71. The van der Waals surface area contributed by atoms with Crippen LogP contribution in [0, 0.1) is 23.0 Å². The number of aromatic nitrogens is 2. The monoisotopic (exact) mass is 310 g/mol. The molecule has 1 fully saturated rings. The summed E-state index contributed by atoms with van der Waals surface area (Å²) in [6.07, 6.45) is 4.65. The van der Waals surface area contributed by atoms with E-state index in [0.29, 0.717) is 34.4 Å². The molecule has 6 nitrogen and oxygen atoms in total. The average Bonchev–Trinajstić information content (AvgIpc) is 2.38. The summed E-state index contributed by atoms with van der Waals surface area (Å²) < 4.78 is 0. The SMILES string of the molecule is CCNc1nc(C)c([N+](=O)[O-])c(SC2CCCC(C)C2)n1. The maximum atomic E-state index is 11.3. The lowest BCUT2D eigenvalue weighted by Crippen LogP contribution is -2.16. The van der Waals surface area contributed by atoms with Gasteiger partial charge in [-0.15, -0.1) is 0 Å². The van der Waals surface area contributed by atoms with E-state index in [1.165, 1.54) is 12.8 Å². The fraction of sp³-hybridized carbons (Fsp3) is 0.714. The summed E-state index contributed by atoms with van der Waals surface area (Å²) in [6.45, 7) is 6.57. The van der Waals surface area contributed by atoms with Crippen molar-refractivity contribution in [2.45, 2.75) is 56.7 Å². The first-order valence-corrected chi connectivity index (χ1v) is 8.32. The third-order valence-electron chi connectivity index (χ3n) is 3.71. The average molecular weight is 310 g/mol. The second-order valence-corrected chi connectivity index (χ2v) is 6.87. The van der Waals surface area contributed by atoms with Crippen LogP contribution in [0.25, 0.3) is 0 Å². The zero-order valence-electron chi connectivity index (χ0n) is 12.8. The van der Waals surface area contributed by atoms with Crippen molar-refractivity contribution in [2.75, 3.05) is 11.9 Å². The number of nitrogens with one attached hydrogen (secondary N) is 1. The molecule has 0 bridgehead atoms. The summed E-state index contributed by atoms with van der Waals surface area (Å²) in [5, 5.41) is 15.3. The van der Waals surface area contributed by atoms with Crippen LogP contribution in [0.15, 0.2) is 5.03 Å². The second-order valence-electron chi connectivity index (χ2n) is 5.59. The Kier molecular flexibility index (Phi) is 5.39. The highest BCUT2D eigenvalue weighted by Crippen LogP contribution is 2.39. The molecule has 2 unspecified atom stereocenters. The maximum Gasteiger partial charge on any atom is 0.322 e. The quantitative estimate of drug-likeness (QED) is 0.506. The molecule has 1 aliphatic rings. The molecule has 2 atom stereocenters. The molecule has 1 aliphatic carbocycles. The second kappa shape index (κ2) is 7.06. The molecule has 0 amide bonds. The van der Waals surface area contributed by atoms with Gasteiger partial charge in [0.1, 0.15) is 5.69 Å². The minimum absolute atomic E-state index is 0.0554. The van der Waals surface area contributed by atoms with Gasteiger partial charge in [-0.1, -0.05) is 31.5 Å². The van der Waals surface area contributed by atoms with E-state index >= 15 is 0 Å². The number of hydrogen-bond donors (Lipinski definition) is 1. The van der Waals surface area contributed by atoms with Gasteiger partial charge in [-0.2, -0.15) is 4.98 Å². The van der Waals surface area contributed by atoms with Crippen molar-refractivity contribution < 1.29 is 4.92 Å². The first-order valence-electron chi connectivity index (χ1n) is 7.44. The standard InChI is InChI=1S/C14H22N4O2S/c1-4-15-14-16-10(3)12(18(19)20)13(17-14)21-11-7-5-6-9(2)8-11/h9,11H,4-8H2,1-3H3,(H,15,16,17). The molecule has 7 heteroatoms. The Morgan fingerprint density at radius 3 is 2.81 bits per heavy atom. The van der Waals surface area contributed by atoms with Crippen molar-refractivity contribution >= 4 is 23.4 Å². The first-order chi connectivity index (χ1) is 10.0. The maximum absolute atomic E-state index is 11.3. The predicted molar refractivity (Wildman–Crippen MR) is 84.9 cm³/mol. The molecule has 2 rings (SSSR count). The van der Waals surface area contributed by atoms with Crippen LogP contribution in [-0.2, 0) is 0 Å². The van der Waals surface area contributed by atoms with E-state index in [4.69, 9.17) is 0 Å². The molecule has 116 valence electrons. The van der Waals surface area contributed by atoms with Crippen molar-refractivity contribution in [3.8, 4) is 0 Å². The molecule has 1 N–H and O–H groups in total. The number of thioether (sulfide) groups is 1. The molecule has 0 radical (unpaired) electrons. The van der Waals surface area contributed by atoms with Gasteiger partial charge in [-0.25, -0.2) is 4.98 Å². The molecule has 0 saturated heterocycles. The van der Waals surface area contributed by atoms with Crippen molar-refractivity contribution in [2.24, 2.45) is 5.92 Å². The lowest BCUT2D eigenvalue weighted by atomic mass is 9.91. The summed E-state index contributed by atoms with van der Waals surface area (Å²) in [5.41, 5.74) is 0.484. The number of rotatable bonds is 5. The van der Waals surface area contributed by atoms with E-state index in [1.54, 1.807) is 18.7 Å². The molecule has 0 spiro atoms. The molecule has 1 saturated carbocycles. The van der Waals surface area contributed by atoms with Crippen molar-refractivity contribution in [1.29, 1.82) is 0 Å². The Hall–Kier alpha value is -1.37. The van der Waals surface area contributed by atoms with E-state index in [-0.39, 0.29) is 10.6 Å². The van der Waals surface area contributed by atoms with Crippen molar-refractivity contribution in [3.05, 3.63) is 15.8 Å². The molecule has 1 heterocycles. The largest absolute Gasteiger partial charge is 0.354 e. The van der Waals surface area contributed by atoms with Gasteiger partial charge in [0.15, 0.2) is 5.03 Å². The fourth-order valence-corrected chi connectivity index (χ4v) is 4.21. The highest BCUT2D eigenvalue weighted by atomic mass is 32.2. The third-order valence-corrected chi connectivity index (χ3v) is 4.98. The van der Waals surface area contributed by atoms with Crippen molar-refractivity contribution in [3.63, 3.8) is 0 Å². The summed E-state index contributed by atoms with van der Waals surface area (Å²) in [5.74, 6) is 1.17. The third kappa shape index (κ3) is 4.06. The molecule has 0 aromatic carbocycles. The minimum atomic E-state index is -0.361. The van der Waals surface area contributed by atoms with Crippen LogP contribution in [0.2, 0.25) is 0 Å². The lowest BCUT2D eigenvalue weighted by molar-refractivity contribution is -0.389. The van der Waals surface area contributed by atoms with Crippen LogP contribution in [-0.4, -0.2) is 26.7 Å². The highest BCUT2D eigenvalue weighted by Gasteiger charge is 2.27. The van der Waals surface area contributed by atoms with Gasteiger partial charge in [0.2, 0.25) is 5.95 Å². The Morgan fingerprint density at radius 2 is 2.19 bits per heavy atom. The Balaban J connectivity index is 2.28. The van der Waals surface area contributed by atoms with Crippen LogP contribution < -0.4 is 5.32 Å². The van der Waals surface area contributed by atoms with E-state index < -0.39 is 0 Å². The molecule has 1 aromatic heterocycles. The molecule has 21 heavy (non-hydrogen) atoms. The van der Waals surface area contributed by atoms with Crippen LogP contribution in [0.3, 0.4) is 0 Å². The number of hydrogen-bond acceptors (Lipinski definition) is 6. The topological polar surface area (TPSA) is 81.0 Å². The van der Waals surface area contributed by atoms with Gasteiger partial charge >= 0.3 is 5.69 Å². The zero-order valence-corrected chi connectivity index (χ0v) is 13.6. The van der Waals surface area contributed by atoms with E-state index in [9.17, 15) is 10.1 Å². The van der Waals surface area contributed by atoms with Crippen LogP contribution in [0.1, 0.15) is 45.2 Å². The van der Waals surface area contributed by atoms with Gasteiger partial charge in [-0.05, 0) is 32.6 Å². The molecular weight excluding hydrogens is 288 g/mol. The van der Waals surface area contributed by atoms with Gasteiger partial charge in [0.05, 0.1) is 4.92 Å². The number of anilines is 1. The van der Waals surface area contributed by atoms with Gasteiger partial charge < -0.3 is 5.32 Å². The lowest BCUT2D eigenvalue weighted by Gasteiger charge is -2.25. The summed E-state index contributed by atoms with van der Waals surface area (Å²) >= 11 is 1.54. The van der Waals surface area contributed by atoms with E-state index in [1.807, 2.05) is 6.92 Å². The highest BCUT2D eigenvalue weighted by molar-refractivity contribution is 8.00. The van der Waals surface area contributed by atoms with Gasteiger partial charge in [-0.3, -0.25) is 10.1 Å². The zero-order chi connectivity index (χ0) is 15.4. The van der Waals surface area contributed by atoms with Crippen LogP contribution in [0.4, 0.5) is 11.6 Å². The number of nitrogens with zero attached hydrogens (tertiary/aromatic N) is 3. The number of aryl methyl sites for hydroxylation is 1. The minimum Gasteiger partial charge on any atom is -0.354 e. The van der Waals surface area contributed by atoms with Crippen LogP contribution >= 0.6 is 11.8 Å². The predicted octanol–water partition coefficient (Wildman–Crippen LogP) is 3.80. The summed E-state index contributed by atoms with van der Waals surface area (Å²) in [6, 6.07) is 0. The Labute approximate surface area is 129 Å². The first kappa shape index (κ1) is 16.0. The van der Waals surface area contributed by atoms with Gasteiger partial charge in [0, 0.05) is 11.8 Å². The van der Waals surface area contributed by atoms with Crippen LogP contribution in [0.5, 0.6) is 0 Å². The molecule has 1 aromatic rings. The molecular formula is C14H22N4O2S. The normalized spacial score (nSPS) is 22.0. The summed E-state index contributed by atoms with van der Waals surface area (Å²) in [4.78, 5) is 19.5. The molecule has 0 aliphatic heterocycles. The van der Waals surface area contributed by atoms with Gasteiger partial charge in [0.25, 0.3) is 0 Å². The Morgan fingerprint density at radius 1 is 1.43 bits per heavy atom. The smallest absolute Gasteiger partial charge is 0.322 e. The van der Waals surface area contributed by atoms with E-state index in [2.05, 4.69) is 22.2 Å². The van der Waals surface area contributed by atoms with E-state index in [0.717, 1.165) is 12.8 Å².